The van der Waals surface area contributed by atoms with Crippen LogP contribution in [0.15, 0.2) is 0 Å². The lowest BCUT2D eigenvalue weighted by molar-refractivity contribution is -0.100. The monoisotopic (exact) mass is 492 g/mol. The minimum absolute atomic E-state index is 0.00536. The molecule has 3 aliphatic heterocycles. The molecule has 4 aliphatic rings. The van der Waals surface area contributed by atoms with Crippen LogP contribution < -0.4 is 10.6 Å². The SMILES string of the molecule is CC(C)(C)N[C@@H]1CCN(C2CCOC(C)(CCC(C)(C)N[C@H]3CC[C@H](N4CCOCC4)CC3)C2)C1. The van der Waals surface area contributed by atoms with Gasteiger partial charge in [0.05, 0.1) is 18.8 Å². The fraction of sp³-hybridized carbons (Fsp3) is 1.00. The van der Waals surface area contributed by atoms with E-state index in [1.54, 1.807) is 0 Å². The molecule has 0 aromatic rings. The summed E-state index contributed by atoms with van der Waals surface area (Å²) in [6.45, 7) is 21.5. The molecule has 1 saturated carbocycles. The Labute approximate surface area is 216 Å². The number of ether oxygens (including phenoxy) is 2. The first-order chi connectivity index (χ1) is 16.5. The third-order valence-electron chi connectivity index (χ3n) is 9.07. The van der Waals surface area contributed by atoms with E-state index in [9.17, 15) is 0 Å². The summed E-state index contributed by atoms with van der Waals surface area (Å²) in [6.07, 6.45) is 11.2. The van der Waals surface area contributed by atoms with Gasteiger partial charge in [0.15, 0.2) is 0 Å². The van der Waals surface area contributed by atoms with Gasteiger partial charge in [0, 0.05) is 68.0 Å². The van der Waals surface area contributed by atoms with Gasteiger partial charge in [0.2, 0.25) is 0 Å². The van der Waals surface area contributed by atoms with Gasteiger partial charge in [0.25, 0.3) is 0 Å². The molecule has 1 aliphatic carbocycles. The highest BCUT2D eigenvalue weighted by atomic mass is 16.5. The summed E-state index contributed by atoms with van der Waals surface area (Å²) >= 11 is 0. The molecule has 2 N–H and O–H groups in total. The van der Waals surface area contributed by atoms with E-state index in [1.807, 2.05) is 0 Å². The molecular weight excluding hydrogens is 436 g/mol. The van der Waals surface area contributed by atoms with Crippen molar-refractivity contribution in [2.45, 2.75) is 140 Å². The quantitative estimate of drug-likeness (QED) is 0.530. The molecule has 0 amide bonds. The predicted octanol–water partition coefficient (Wildman–Crippen LogP) is 4.18. The molecule has 35 heavy (non-hydrogen) atoms. The molecule has 0 bridgehead atoms. The maximum Gasteiger partial charge on any atom is 0.0670 e. The highest BCUT2D eigenvalue weighted by Gasteiger charge is 2.40. The lowest BCUT2D eigenvalue weighted by Crippen LogP contribution is -2.52. The molecule has 3 heterocycles. The Morgan fingerprint density at radius 1 is 0.771 bits per heavy atom. The van der Waals surface area contributed by atoms with Crippen LogP contribution in [0.4, 0.5) is 0 Å². The van der Waals surface area contributed by atoms with Crippen LogP contribution in [0.2, 0.25) is 0 Å². The van der Waals surface area contributed by atoms with E-state index in [1.165, 1.54) is 64.5 Å². The van der Waals surface area contributed by atoms with Gasteiger partial charge >= 0.3 is 0 Å². The van der Waals surface area contributed by atoms with Gasteiger partial charge in [-0.05, 0) is 99.3 Å². The minimum Gasteiger partial charge on any atom is -0.379 e. The fourth-order valence-electron chi connectivity index (χ4n) is 7.17. The van der Waals surface area contributed by atoms with Crippen molar-refractivity contribution in [2.24, 2.45) is 0 Å². The summed E-state index contributed by atoms with van der Waals surface area (Å²) in [4.78, 5) is 5.42. The molecule has 2 unspecified atom stereocenters. The number of hydrogen-bond donors (Lipinski definition) is 2. The summed E-state index contributed by atoms with van der Waals surface area (Å²) < 4.78 is 12.0. The largest absolute Gasteiger partial charge is 0.379 e. The standard InChI is InChI=1S/C29H56N4O2/c1-27(2,3)30-24-11-15-33(22-24)26-12-18-35-29(6,21-26)14-13-28(4,5)31-23-7-9-25(10-8-23)32-16-19-34-20-17-32/h23-26,30-31H,7-22H2,1-6H3/t23-,24-,25-,26?,29?/m1/s1. The zero-order chi connectivity index (χ0) is 25.1. The lowest BCUT2D eigenvalue weighted by atomic mass is 9.82. The summed E-state index contributed by atoms with van der Waals surface area (Å²) in [5, 5.41) is 7.88. The second-order valence-corrected chi connectivity index (χ2v) is 14.0. The first-order valence-electron chi connectivity index (χ1n) is 14.8. The second-order valence-electron chi connectivity index (χ2n) is 14.0. The number of nitrogens with one attached hydrogen (secondary N) is 2. The average molecular weight is 493 g/mol. The van der Waals surface area contributed by atoms with Crippen LogP contribution in [0, 0.1) is 0 Å². The van der Waals surface area contributed by atoms with Crippen LogP contribution in [-0.4, -0.2) is 96.6 Å². The van der Waals surface area contributed by atoms with E-state index < -0.39 is 0 Å². The second kappa shape index (κ2) is 11.7. The molecule has 3 atom stereocenters. The van der Waals surface area contributed by atoms with Gasteiger partial charge in [0.1, 0.15) is 0 Å². The first-order valence-corrected chi connectivity index (χ1v) is 14.8. The molecule has 0 radical (unpaired) electrons. The molecule has 4 rings (SSSR count). The summed E-state index contributed by atoms with van der Waals surface area (Å²) in [7, 11) is 0. The molecule has 0 aromatic heterocycles. The lowest BCUT2D eigenvalue weighted by Gasteiger charge is -2.44. The summed E-state index contributed by atoms with van der Waals surface area (Å²) in [6, 6.07) is 2.74. The van der Waals surface area contributed by atoms with Crippen molar-refractivity contribution in [2.75, 3.05) is 46.0 Å². The van der Waals surface area contributed by atoms with Crippen LogP contribution in [-0.2, 0) is 9.47 Å². The molecule has 6 nitrogen and oxygen atoms in total. The van der Waals surface area contributed by atoms with Crippen LogP contribution in [0.25, 0.3) is 0 Å². The Morgan fingerprint density at radius 2 is 1.49 bits per heavy atom. The van der Waals surface area contributed by atoms with Crippen molar-refractivity contribution < 1.29 is 9.47 Å². The van der Waals surface area contributed by atoms with E-state index in [2.05, 4.69) is 62.0 Å². The van der Waals surface area contributed by atoms with Crippen molar-refractivity contribution in [3.05, 3.63) is 0 Å². The highest BCUT2D eigenvalue weighted by molar-refractivity contribution is 4.96. The minimum atomic E-state index is 0.00536. The Morgan fingerprint density at radius 3 is 2.17 bits per heavy atom. The number of likely N-dealkylation sites (tertiary alicyclic amines) is 1. The van der Waals surface area contributed by atoms with E-state index >= 15 is 0 Å². The normalized spacial score (nSPS) is 36.5. The van der Waals surface area contributed by atoms with Gasteiger partial charge in [-0.2, -0.15) is 0 Å². The number of nitrogens with zero attached hydrogens (tertiary/aromatic N) is 2. The molecule has 0 aromatic carbocycles. The number of hydrogen-bond acceptors (Lipinski definition) is 6. The van der Waals surface area contributed by atoms with Crippen LogP contribution in [0.5, 0.6) is 0 Å². The van der Waals surface area contributed by atoms with E-state index in [0.29, 0.717) is 18.1 Å². The van der Waals surface area contributed by atoms with Crippen molar-refractivity contribution in [3.63, 3.8) is 0 Å². The third kappa shape index (κ3) is 8.38. The molecule has 4 fully saturated rings. The van der Waals surface area contributed by atoms with Crippen molar-refractivity contribution in [3.8, 4) is 0 Å². The van der Waals surface area contributed by atoms with Crippen molar-refractivity contribution in [1.29, 1.82) is 0 Å². The Hall–Kier alpha value is -0.240. The van der Waals surface area contributed by atoms with Crippen LogP contribution in [0.1, 0.15) is 99.3 Å². The zero-order valence-corrected chi connectivity index (χ0v) is 23.8. The molecule has 3 saturated heterocycles. The topological polar surface area (TPSA) is 49.0 Å². The molecular formula is C29H56N4O2. The van der Waals surface area contributed by atoms with Gasteiger partial charge in [-0.3, -0.25) is 9.80 Å². The Balaban J connectivity index is 1.20. The van der Waals surface area contributed by atoms with Gasteiger partial charge in [-0.25, -0.2) is 0 Å². The van der Waals surface area contributed by atoms with Crippen molar-refractivity contribution >= 4 is 0 Å². The van der Waals surface area contributed by atoms with Gasteiger partial charge in [-0.1, -0.05) is 0 Å². The molecule has 0 spiro atoms. The average Bonchev–Trinajstić information content (AvgIpc) is 3.26. The summed E-state index contributed by atoms with van der Waals surface area (Å²) in [5.41, 5.74) is 0.363. The zero-order valence-electron chi connectivity index (χ0n) is 23.8. The predicted molar refractivity (Wildman–Crippen MR) is 145 cm³/mol. The highest BCUT2D eigenvalue weighted by Crippen LogP contribution is 2.35. The number of morpholine rings is 1. The van der Waals surface area contributed by atoms with E-state index in [4.69, 9.17) is 9.47 Å². The summed E-state index contributed by atoms with van der Waals surface area (Å²) in [5.74, 6) is 0. The maximum atomic E-state index is 6.44. The number of rotatable bonds is 8. The third-order valence-corrected chi connectivity index (χ3v) is 9.07. The van der Waals surface area contributed by atoms with Gasteiger partial charge in [-0.15, -0.1) is 0 Å². The molecule has 204 valence electrons. The van der Waals surface area contributed by atoms with Crippen LogP contribution >= 0.6 is 0 Å². The Kier molecular flexibility index (Phi) is 9.25. The maximum absolute atomic E-state index is 6.44. The fourth-order valence-corrected chi connectivity index (χ4v) is 7.17. The van der Waals surface area contributed by atoms with Gasteiger partial charge < -0.3 is 20.1 Å². The van der Waals surface area contributed by atoms with Crippen LogP contribution in [0.3, 0.4) is 0 Å². The van der Waals surface area contributed by atoms with Crippen molar-refractivity contribution in [1.82, 2.24) is 20.4 Å². The molecule has 6 heteroatoms. The van der Waals surface area contributed by atoms with E-state index in [0.717, 1.165) is 45.4 Å². The smallest absolute Gasteiger partial charge is 0.0670 e. The Bertz CT molecular complexity index is 652. The first kappa shape index (κ1) is 27.8. The van der Waals surface area contributed by atoms with E-state index in [-0.39, 0.29) is 16.7 Å².